The zero-order valence-corrected chi connectivity index (χ0v) is 16.5. The number of fused-ring (bicyclic) bond motifs is 2. The van der Waals surface area contributed by atoms with Crippen molar-refractivity contribution in [3.05, 3.63) is 82.2 Å². The van der Waals surface area contributed by atoms with E-state index in [0.717, 1.165) is 54.9 Å². The van der Waals surface area contributed by atoms with Gasteiger partial charge in [-0.1, -0.05) is 75.2 Å². The summed E-state index contributed by atoms with van der Waals surface area (Å²) in [4.78, 5) is 0. The van der Waals surface area contributed by atoms with Gasteiger partial charge in [-0.2, -0.15) is 0 Å². The molecule has 1 aliphatic carbocycles. The highest BCUT2D eigenvalue weighted by atomic mass is 19.1. The van der Waals surface area contributed by atoms with Crippen molar-refractivity contribution >= 4 is 10.8 Å². The third kappa shape index (κ3) is 3.65. The average molecular weight is 361 g/mol. The molecule has 0 heterocycles. The molecule has 0 saturated carbocycles. The van der Waals surface area contributed by atoms with Crippen molar-refractivity contribution in [3.8, 4) is 0 Å². The molecular formula is C26H29F. The van der Waals surface area contributed by atoms with E-state index in [2.05, 4.69) is 50.2 Å². The quantitative estimate of drug-likeness (QED) is 0.453. The normalized spacial score (nSPS) is 16.5. The lowest BCUT2D eigenvalue weighted by atomic mass is 9.79. The van der Waals surface area contributed by atoms with Crippen LogP contribution in [0.25, 0.3) is 10.8 Å². The van der Waals surface area contributed by atoms with Crippen LogP contribution in [0.5, 0.6) is 0 Å². The smallest absolute Gasteiger partial charge is 0.134 e. The predicted octanol–water partition coefficient (Wildman–Crippen LogP) is 7.16. The van der Waals surface area contributed by atoms with E-state index in [0.29, 0.717) is 0 Å². The zero-order chi connectivity index (χ0) is 18.8. The minimum Gasteiger partial charge on any atom is -0.206 e. The summed E-state index contributed by atoms with van der Waals surface area (Å²) in [5.41, 5.74) is 6.52. The Hall–Kier alpha value is -2.15. The molecule has 1 heteroatoms. The van der Waals surface area contributed by atoms with Crippen molar-refractivity contribution in [2.24, 2.45) is 0 Å². The number of rotatable bonds is 5. The molecule has 0 aromatic heterocycles. The lowest BCUT2D eigenvalue weighted by Gasteiger charge is -2.26. The van der Waals surface area contributed by atoms with Crippen LogP contribution in [-0.2, 0) is 25.7 Å². The average Bonchev–Trinajstić information content (AvgIpc) is 2.68. The number of benzene rings is 3. The summed E-state index contributed by atoms with van der Waals surface area (Å²) in [5, 5.41) is 1.80. The molecule has 0 N–H and O–H groups in total. The second-order valence-corrected chi connectivity index (χ2v) is 8.07. The van der Waals surface area contributed by atoms with Gasteiger partial charge in [0.05, 0.1) is 0 Å². The molecular weight excluding hydrogens is 331 g/mol. The molecule has 0 fully saturated rings. The largest absolute Gasteiger partial charge is 0.206 e. The van der Waals surface area contributed by atoms with Gasteiger partial charge in [-0.3, -0.25) is 0 Å². The van der Waals surface area contributed by atoms with E-state index >= 15 is 4.39 Å². The highest BCUT2D eigenvalue weighted by Crippen LogP contribution is 2.36. The highest BCUT2D eigenvalue weighted by Gasteiger charge is 2.23. The van der Waals surface area contributed by atoms with E-state index in [1.807, 2.05) is 12.1 Å². The van der Waals surface area contributed by atoms with Gasteiger partial charge >= 0.3 is 0 Å². The van der Waals surface area contributed by atoms with Crippen LogP contribution in [0.3, 0.4) is 0 Å². The maximum Gasteiger partial charge on any atom is 0.134 e. The van der Waals surface area contributed by atoms with Crippen molar-refractivity contribution < 1.29 is 4.39 Å². The number of aryl methyl sites for hydroxylation is 3. The van der Waals surface area contributed by atoms with Crippen molar-refractivity contribution in [1.82, 2.24) is 0 Å². The summed E-state index contributed by atoms with van der Waals surface area (Å²) in [6.07, 6.45) is 7.56. The molecule has 1 aliphatic rings. The van der Waals surface area contributed by atoms with Crippen LogP contribution in [0, 0.1) is 5.82 Å². The Bertz CT molecular complexity index is 954. The lowest BCUT2D eigenvalue weighted by Crippen LogP contribution is -2.14. The van der Waals surface area contributed by atoms with E-state index in [1.54, 1.807) is 0 Å². The molecule has 0 aliphatic heterocycles. The molecule has 1 unspecified atom stereocenters. The summed E-state index contributed by atoms with van der Waals surface area (Å²) in [6, 6.07) is 17.3. The first-order valence-electron chi connectivity index (χ1n) is 10.5. The Morgan fingerprint density at radius 2 is 1.59 bits per heavy atom. The molecule has 0 saturated heterocycles. The molecule has 0 radical (unpaired) electrons. The van der Waals surface area contributed by atoms with Gasteiger partial charge in [-0.05, 0) is 71.2 Å². The summed E-state index contributed by atoms with van der Waals surface area (Å²) < 4.78 is 15.3. The van der Waals surface area contributed by atoms with E-state index in [4.69, 9.17) is 0 Å². The van der Waals surface area contributed by atoms with E-state index in [9.17, 15) is 0 Å². The van der Waals surface area contributed by atoms with Gasteiger partial charge in [0, 0.05) is 5.39 Å². The SMILES string of the molecule is CCCc1ccc2c(c1)CCC(c1ccc3cc(CCC)ccc3c1F)C2. The van der Waals surface area contributed by atoms with Crippen LogP contribution in [0.1, 0.15) is 66.8 Å². The van der Waals surface area contributed by atoms with Crippen LogP contribution < -0.4 is 0 Å². The van der Waals surface area contributed by atoms with Crippen molar-refractivity contribution in [3.63, 3.8) is 0 Å². The third-order valence-corrected chi connectivity index (χ3v) is 6.06. The number of hydrogen-bond acceptors (Lipinski definition) is 0. The maximum absolute atomic E-state index is 15.3. The molecule has 0 spiro atoms. The van der Waals surface area contributed by atoms with Gasteiger partial charge in [-0.25, -0.2) is 4.39 Å². The summed E-state index contributed by atoms with van der Waals surface area (Å²) in [7, 11) is 0. The molecule has 140 valence electrons. The van der Waals surface area contributed by atoms with Crippen molar-refractivity contribution in [2.45, 2.75) is 64.7 Å². The first-order valence-corrected chi connectivity index (χ1v) is 10.5. The first-order chi connectivity index (χ1) is 13.2. The molecule has 0 bridgehead atoms. The zero-order valence-electron chi connectivity index (χ0n) is 16.5. The van der Waals surface area contributed by atoms with E-state index in [-0.39, 0.29) is 11.7 Å². The van der Waals surface area contributed by atoms with Crippen LogP contribution >= 0.6 is 0 Å². The van der Waals surface area contributed by atoms with Gasteiger partial charge in [0.25, 0.3) is 0 Å². The van der Waals surface area contributed by atoms with Crippen LogP contribution in [-0.4, -0.2) is 0 Å². The van der Waals surface area contributed by atoms with E-state index < -0.39 is 0 Å². The molecule has 3 aromatic rings. The van der Waals surface area contributed by atoms with Crippen molar-refractivity contribution in [1.29, 1.82) is 0 Å². The predicted molar refractivity (Wildman–Crippen MR) is 113 cm³/mol. The van der Waals surface area contributed by atoms with Gasteiger partial charge < -0.3 is 0 Å². The van der Waals surface area contributed by atoms with E-state index in [1.165, 1.54) is 28.7 Å². The van der Waals surface area contributed by atoms with Gasteiger partial charge in [0.2, 0.25) is 0 Å². The summed E-state index contributed by atoms with van der Waals surface area (Å²) in [5.74, 6) is 0.279. The van der Waals surface area contributed by atoms with Gasteiger partial charge in [0.15, 0.2) is 0 Å². The Labute approximate surface area is 162 Å². The second-order valence-electron chi connectivity index (χ2n) is 8.07. The Morgan fingerprint density at radius 1 is 0.852 bits per heavy atom. The highest BCUT2D eigenvalue weighted by molar-refractivity contribution is 5.84. The summed E-state index contributed by atoms with van der Waals surface area (Å²) >= 11 is 0. The maximum atomic E-state index is 15.3. The standard InChI is InChI=1S/C26H29F/c1-3-5-18-7-9-21-17-23(11-10-20(21)15-18)25-14-12-22-16-19(6-4-2)8-13-24(22)26(25)27/h7-9,12-16,23H,3-6,10-11,17H2,1-2H3. The van der Waals surface area contributed by atoms with Gasteiger partial charge in [0.1, 0.15) is 5.82 Å². The second kappa shape index (κ2) is 7.84. The first kappa shape index (κ1) is 18.2. The molecule has 1 atom stereocenters. The Morgan fingerprint density at radius 3 is 2.37 bits per heavy atom. The minimum atomic E-state index is -0.00778. The molecule has 0 nitrogen and oxygen atoms in total. The third-order valence-electron chi connectivity index (χ3n) is 6.06. The van der Waals surface area contributed by atoms with Crippen LogP contribution in [0.15, 0.2) is 48.5 Å². The van der Waals surface area contributed by atoms with Gasteiger partial charge in [-0.15, -0.1) is 0 Å². The monoisotopic (exact) mass is 360 g/mol. The fraction of sp³-hybridized carbons (Fsp3) is 0.385. The fourth-order valence-corrected chi connectivity index (χ4v) is 4.64. The Balaban J connectivity index is 1.63. The fourth-order valence-electron chi connectivity index (χ4n) is 4.64. The lowest BCUT2D eigenvalue weighted by molar-refractivity contribution is 0.539. The molecule has 27 heavy (non-hydrogen) atoms. The van der Waals surface area contributed by atoms with Crippen LogP contribution in [0.2, 0.25) is 0 Å². The summed E-state index contributed by atoms with van der Waals surface area (Å²) in [6.45, 7) is 4.41. The molecule has 0 amide bonds. The number of hydrogen-bond donors (Lipinski definition) is 0. The van der Waals surface area contributed by atoms with Crippen LogP contribution in [0.4, 0.5) is 4.39 Å². The van der Waals surface area contributed by atoms with Crippen molar-refractivity contribution in [2.75, 3.05) is 0 Å². The number of halogens is 1. The molecule has 4 rings (SSSR count). The molecule has 3 aromatic carbocycles. The Kier molecular flexibility index (Phi) is 5.29. The topological polar surface area (TPSA) is 0 Å². The minimum absolute atomic E-state index is 0.00778.